The number of nitrogens with zero attached hydrogens (tertiary/aromatic N) is 3. The number of benzene rings is 1. The lowest BCUT2D eigenvalue weighted by Crippen LogP contribution is -2.09. The van der Waals surface area contributed by atoms with Gasteiger partial charge in [0.05, 0.1) is 11.3 Å². The number of nitrogens with one attached hydrogen (secondary N) is 1. The third-order valence-electron chi connectivity index (χ3n) is 3.45. The number of pyridine rings is 1. The van der Waals surface area contributed by atoms with Gasteiger partial charge in [0.1, 0.15) is 23.1 Å². The van der Waals surface area contributed by atoms with Crippen LogP contribution < -0.4 is 5.32 Å². The topological polar surface area (TPSA) is 88.0 Å². The zero-order valence-corrected chi connectivity index (χ0v) is 14.2. The summed E-state index contributed by atoms with van der Waals surface area (Å²) in [5.41, 5.74) is -0.879. The molecule has 0 spiro atoms. The number of hydrogen-bond donors (Lipinski definition) is 2. The van der Waals surface area contributed by atoms with Crippen molar-refractivity contribution in [2.24, 2.45) is 0 Å². The highest BCUT2D eigenvalue weighted by molar-refractivity contribution is 7.98. The maximum Gasteiger partial charge on any atom is 0.358 e. The van der Waals surface area contributed by atoms with Gasteiger partial charge in [0, 0.05) is 11.1 Å². The number of halogens is 2. The van der Waals surface area contributed by atoms with Crippen molar-refractivity contribution in [2.45, 2.75) is 4.90 Å². The highest BCUT2D eigenvalue weighted by atomic mass is 32.2. The minimum absolute atomic E-state index is 0.0227. The molecule has 2 aromatic heterocycles. The highest BCUT2D eigenvalue weighted by Crippen LogP contribution is 2.28. The zero-order chi connectivity index (χ0) is 18.7. The number of aromatic carboxylic acids is 1. The molecule has 132 valence electrons. The molecule has 0 amide bonds. The fourth-order valence-electron chi connectivity index (χ4n) is 2.22. The molecule has 3 aromatic rings. The Kier molecular flexibility index (Phi) is 5.08. The van der Waals surface area contributed by atoms with Crippen molar-refractivity contribution >= 4 is 29.2 Å². The van der Waals surface area contributed by atoms with Crippen LogP contribution in [-0.2, 0) is 0 Å². The first-order chi connectivity index (χ1) is 12.5. The lowest BCUT2D eigenvalue weighted by Gasteiger charge is -2.10. The second-order valence-electron chi connectivity index (χ2n) is 5.10. The van der Waals surface area contributed by atoms with E-state index < -0.39 is 17.6 Å². The second kappa shape index (κ2) is 7.44. The van der Waals surface area contributed by atoms with Crippen molar-refractivity contribution in [1.82, 2.24) is 15.2 Å². The summed E-state index contributed by atoms with van der Waals surface area (Å²) >= 11 is 1.50. The SMILES string of the molecule is CSc1ccc(Nc2cc(-c3c(F)cccc3F)nnc2C(=O)O)nc1. The van der Waals surface area contributed by atoms with Crippen LogP contribution in [0.5, 0.6) is 0 Å². The number of rotatable bonds is 5. The Labute approximate surface area is 151 Å². The van der Waals surface area contributed by atoms with Gasteiger partial charge in [-0.1, -0.05) is 6.07 Å². The monoisotopic (exact) mass is 374 g/mol. The quantitative estimate of drug-likeness (QED) is 0.653. The molecule has 2 N–H and O–H groups in total. The van der Waals surface area contributed by atoms with Crippen molar-refractivity contribution in [3.8, 4) is 11.3 Å². The number of carboxylic acid groups (broad SMARTS) is 1. The van der Waals surface area contributed by atoms with Crippen LogP contribution in [0.15, 0.2) is 47.5 Å². The highest BCUT2D eigenvalue weighted by Gasteiger charge is 2.19. The maximum atomic E-state index is 14.0. The van der Waals surface area contributed by atoms with E-state index in [0.29, 0.717) is 5.82 Å². The summed E-state index contributed by atoms with van der Waals surface area (Å²) in [7, 11) is 0. The molecule has 0 aliphatic heterocycles. The van der Waals surface area contributed by atoms with Gasteiger partial charge in [-0.25, -0.2) is 18.6 Å². The fourth-order valence-corrected chi connectivity index (χ4v) is 2.58. The Morgan fingerprint density at radius 3 is 2.46 bits per heavy atom. The predicted molar refractivity (Wildman–Crippen MR) is 93.6 cm³/mol. The molecule has 0 aliphatic carbocycles. The minimum Gasteiger partial charge on any atom is -0.476 e. The molecular formula is C17H12F2N4O2S. The summed E-state index contributed by atoms with van der Waals surface area (Å²) in [5, 5.41) is 19.3. The summed E-state index contributed by atoms with van der Waals surface area (Å²) in [5.74, 6) is -2.62. The van der Waals surface area contributed by atoms with Gasteiger partial charge in [-0.2, -0.15) is 0 Å². The molecule has 0 saturated heterocycles. The molecule has 0 radical (unpaired) electrons. The molecule has 1 aromatic carbocycles. The Bertz CT molecular complexity index is 947. The third-order valence-corrected chi connectivity index (χ3v) is 4.16. The molecule has 0 atom stereocenters. The van der Waals surface area contributed by atoms with Crippen LogP contribution in [0.1, 0.15) is 10.5 Å². The molecule has 0 saturated carbocycles. The van der Waals surface area contributed by atoms with E-state index in [1.807, 2.05) is 6.26 Å². The van der Waals surface area contributed by atoms with Crippen LogP contribution in [0.3, 0.4) is 0 Å². The number of anilines is 2. The number of thioether (sulfide) groups is 1. The lowest BCUT2D eigenvalue weighted by molar-refractivity contribution is 0.0690. The summed E-state index contributed by atoms with van der Waals surface area (Å²) in [6, 6.07) is 8.07. The smallest absolute Gasteiger partial charge is 0.358 e. The summed E-state index contributed by atoms with van der Waals surface area (Å²) in [6.07, 6.45) is 3.51. The van der Waals surface area contributed by atoms with Crippen molar-refractivity contribution < 1.29 is 18.7 Å². The standard InChI is InChI=1S/C17H12F2N4O2S/c1-26-9-5-6-14(20-8-9)21-13-7-12(22-23-16(13)17(24)25)15-10(18)3-2-4-11(15)19/h2-8H,1H3,(H,24,25)(H,20,21,22). The summed E-state index contributed by atoms with van der Waals surface area (Å²) in [6.45, 7) is 0. The molecule has 9 heteroatoms. The molecule has 2 heterocycles. The largest absolute Gasteiger partial charge is 0.476 e. The molecular weight excluding hydrogens is 362 g/mol. The number of carbonyl (C=O) groups is 1. The van der Waals surface area contributed by atoms with E-state index in [4.69, 9.17) is 0 Å². The van der Waals surface area contributed by atoms with Gasteiger partial charge in [0.2, 0.25) is 0 Å². The van der Waals surface area contributed by atoms with Crippen molar-refractivity contribution in [2.75, 3.05) is 11.6 Å². The van der Waals surface area contributed by atoms with Gasteiger partial charge in [-0.05, 0) is 36.6 Å². The Morgan fingerprint density at radius 1 is 1.15 bits per heavy atom. The summed E-state index contributed by atoms with van der Waals surface area (Å²) in [4.78, 5) is 16.5. The van der Waals surface area contributed by atoms with Crippen LogP contribution in [0.25, 0.3) is 11.3 Å². The van der Waals surface area contributed by atoms with Crippen LogP contribution in [0, 0.1) is 11.6 Å². The van der Waals surface area contributed by atoms with Gasteiger partial charge in [-0.3, -0.25) is 0 Å². The van der Waals surface area contributed by atoms with Gasteiger partial charge in [0.25, 0.3) is 0 Å². The molecule has 0 unspecified atom stereocenters. The zero-order valence-electron chi connectivity index (χ0n) is 13.4. The van der Waals surface area contributed by atoms with Crippen LogP contribution in [0.2, 0.25) is 0 Å². The van der Waals surface area contributed by atoms with Gasteiger partial charge < -0.3 is 10.4 Å². The van der Waals surface area contributed by atoms with E-state index in [1.165, 1.54) is 23.9 Å². The van der Waals surface area contributed by atoms with E-state index >= 15 is 0 Å². The fraction of sp³-hybridized carbons (Fsp3) is 0.0588. The second-order valence-corrected chi connectivity index (χ2v) is 5.98. The van der Waals surface area contributed by atoms with E-state index in [1.54, 1.807) is 18.3 Å². The van der Waals surface area contributed by atoms with E-state index in [-0.39, 0.29) is 22.6 Å². The maximum absolute atomic E-state index is 14.0. The number of carboxylic acids is 1. The Hall–Kier alpha value is -3.07. The molecule has 6 nitrogen and oxygen atoms in total. The molecule has 0 bridgehead atoms. The number of aromatic nitrogens is 3. The number of hydrogen-bond acceptors (Lipinski definition) is 6. The van der Waals surface area contributed by atoms with Gasteiger partial charge in [-0.15, -0.1) is 22.0 Å². The van der Waals surface area contributed by atoms with Crippen LogP contribution in [0.4, 0.5) is 20.3 Å². The molecule has 0 aliphatic rings. The molecule has 3 rings (SSSR count). The van der Waals surface area contributed by atoms with Gasteiger partial charge in [0.15, 0.2) is 5.69 Å². The molecule has 0 fully saturated rings. The first-order valence-electron chi connectivity index (χ1n) is 7.32. The average Bonchev–Trinajstić information content (AvgIpc) is 2.62. The van der Waals surface area contributed by atoms with Crippen molar-refractivity contribution in [1.29, 1.82) is 0 Å². The van der Waals surface area contributed by atoms with Crippen molar-refractivity contribution in [3.05, 3.63) is 59.9 Å². The van der Waals surface area contributed by atoms with Crippen LogP contribution >= 0.6 is 11.8 Å². The predicted octanol–water partition coefficient (Wildman–Crippen LogP) is 3.98. The normalized spacial score (nSPS) is 10.6. The van der Waals surface area contributed by atoms with E-state index in [9.17, 15) is 18.7 Å². The average molecular weight is 374 g/mol. The van der Waals surface area contributed by atoms with Gasteiger partial charge >= 0.3 is 5.97 Å². The van der Waals surface area contributed by atoms with Crippen LogP contribution in [-0.4, -0.2) is 32.5 Å². The first-order valence-corrected chi connectivity index (χ1v) is 8.54. The Morgan fingerprint density at radius 2 is 1.88 bits per heavy atom. The molecule has 26 heavy (non-hydrogen) atoms. The summed E-state index contributed by atoms with van der Waals surface area (Å²) < 4.78 is 28.0. The third kappa shape index (κ3) is 3.62. The van der Waals surface area contributed by atoms with E-state index in [2.05, 4.69) is 20.5 Å². The first kappa shape index (κ1) is 17.7. The minimum atomic E-state index is -1.33. The Balaban J connectivity index is 2.05. The van der Waals surface area contributed by atoms with E-state index in [0.717, 1.165) is 17.0 Å². The van der Waals surface area contributed by atoms with Crippen molar-refractivity contribution in [3.63, 3.8) is 0 Å². The lowest BCUT2D eigenvalue weighted by atomic mass is 10.1.